The van der Waals surface area contributed by atoms with Gasteiger partial charge in [0.05, 0.1) is 17.0 Å². The first-order valence-electron chi connectivity index (χ1n) is 7.16. The van der Waals surface area contributed by atoms with Gasteiger partial charge in [0.1, 0.15) is 0 Å². The van der Waals surface area contributed by atoms with Gasteiger partial charge in [0, 0.05) is 0 Å². The Morgan fingerprint density at radius 2 is 1.65 bits per heavy atom. The summed E-state index contributed by atoms with van der Waals surface area (Å²) in [5.74, 6) is 0. The maximum Gasteiger partial charge on any atom is 0.241 e. The van der Waals surface area contributed by atoms with E-state index in [-0.39, 0.29) is 11.5 Å². The molecule has 0 bridgehead atoms. The van der Waals surface area contributed by atoms with Crippen LogP contribution in [-0.4, -0.2) is 25.7 Å². The number of aliphatic hydroxyl groups is 1. The molecule has 0 fully saturated rings. The van der Waals surface area contributed by atoms with E-state index < -0.39 is 15.6 Å². The Labute approximate surface area is 122 Å². The fraction of sp³-hybridized carbons (Fsp3) is 0.600. The van der Waals surface area contributed by atoms with E-state index in [9.17, 15) is 13.5 Å². The van der Waals surface area contributed by atoms with Crippen molar-refractivity contribution >= 4 is 10.0 Å². The molecule has 0 radical (unpaired) electrons. The van der Waals surface area contributed by atoms with Crippen LogP contribution in [0.5, 0.6) is 0 Å². The molecule has 0 saturated carbocycles. The zero-order chi connectivity index (χ0) is 15.2. The van der Waals surface area contributed by atoms with E-state index in [1.54, 1.807) is 12.1 Å². The monoisotopic (exact) mass is 299 g/mol. The molecular formula is C15H25NO3S. The fourth-order valence-corrected chi connectivity index (χ4v) is 3.65. The summed E-state index contributed by atoms with van der Waals surface area (Å²) in [4.78, 5) is 0.247. The average Bonchev–Trinajstić information content (AvgIpc) is 2.46. The molecule has 0 saturated heterocycles. The molecule has 5 heteroatoms. The molecule has 2 N–H and O–H groups in total. The van der Waals surface area contributed by atoms with Crippen LogP contribution >= 0.6 is 0 Å². The van der Waals surface area contributed by atoms with Crippen LogP contribution < -0.4 is 4.72 Å². The van der Waals surface area contributed by atoms with Gasteiger partial charge in [0.2, 0.25) is 10.0 Å². The number of hydrogen-bond acceptors (Lipinski definition) is 3. The van der Waals surface area contributed by atoms with Crippen LogP contribution in [0.3, 0.4) is 0 Å². The molecule has 20 heavy (non-hydrogen) atoms. The van der Waals surface area contributed by atoms with Gasteiger partial charge in [-0.15, -0.1) is 0 Å². The van der Waals surface area contributed by atoms with Gasteiger partial charge in [-0.25, -0.2) is 13.1 Å². The lowest BCUT2D eigenvalue weighted by atomic mass is 9.96. The largest absolute Gasteiger partial charge is 0.394 e. The zero-order valence-corrected chi connectivity index (χ0v) is 13.3. The van der Waals surface area contributed by atoms with Gasteiger partial charge in [-0.3, -0.25) is 0 Å². The first kappa shape index (κ1) is 17.1. The number of nitrogens with one attached hydrogen (secondary N) is 1. The average molecular weight is 299 g/mol. The molecule has 0 aromatic heterocycles. The first-order valence-corrected chi connectivity index (χ1v) is 8.65. The SMILES string of the molecule is CCCc1ccc(S(=O)(=O)NC(CC)(CC)CO)cc1. The summed E-state index contributed by atoms with van der Waals surface area (Å²) in [6.45, 7) is 5.62. The molecular weight excluding hydrogens is 274 g/mol. The van der Waals surface area contributed by atoms with Gasteiger partial charge in [0.15, 0.2) is 0 Å². The molecule has 1 aromatic carbocycles. The highest BCUT2D eigenvalue weighted by Crippen LogP contribution is 2.19. The number of sulfonamides is 1. The maximum absolute atomic E-state index is 12.4. The van der Waals surface area contributed by atoms with Gasteiger partial charge in [-0.2, -0.15) is 0 Å². The third-order valence-electron chi connectivity index (χ3n) is 3.78. The van der Waals surface area contributed by atoms with E-state index in [1.165, 1.54) is 0 Å². The molecule has 0 heterocycles. The normalized spacial score (nSPS) is 12.6. The minimum absolute atomic E-state index is 0.201. The van der Waals surface area contributed by atoms with Crippen molar-refractivity contribution in [3.05, 3.63) is 29.8 Å². The molecule has 0 atom stereocenters. The Bertz CT molecular complexity index is 496. The van der Waals surface area contributed by atoms with E-state index in [4.69, 9.17) is 0 Å². The van der Waals surface area contributed by atoms with E-state index in [1.807, 2.05) is 26.0 Å². The van der Waals surface area contributed by atoms with Gasteiger partial charge in [-0.1, -0.05) is 39.3 Å². The number of hydrogen-bond donors (Lipinski definition) is 2. The fourth-order valence-electron chi connectivity index (χ4n) is 2.12. The lowest BCUT2D eigenvalue weighted by Crippen LogP contribution is -2.50. The Balaban J connectivity index is 2.98. The molecule has 0 aliphatic carbocycles. The molecule has 0 spiro atoms. The molecule has 114 valence electrons. The standard InChI is InChI=1S/C15H25NO3S/c1-4-7-13-8-10-14(11-9-13)20(18,19)16-15(5-2,6-3)12-17/h8-11,16-17H,4-7,12H2,1-3H3. The van der Waals surface area contributed by atoms with Crippen LogP contribution in [0.4, 0.5) is 0 Å². The Morgan fingerprint density at radius 1 is 1.10 bits per heavy atom. The Morgan fingerprint density at radius 3 is 2.05 bits per heavy atom. The van der Waals surface area contributed by atoms with Gasteiger partial charge in [-0.05, 0) is 37.0 Å². The van der Waals surface area contributed by atoms with Crippen molar-refractivity contribution in [1.29, 1.82) is 0 Å². The minimum atomic E-state index is -3.60. The van der Waals surface area contributed by atoms with Crippen LogP contribution in [0, 0.1) is 0 Å². The second-order valence-electron chi connectivity index (χ2n) is 5.15. The Hall–Kier alpha value is -0.910. The van der Waals surface area contributed by atoms with Gasteiger partial charge >= 0.3 is 0 Å². The van der Waals surface area contributed by atoms with Crippen molar-refractivity contribution < 1.29 is 13.5 Å². The van der Waals surface area contributed by atoms with Crippen molar-refractivity contribution in [3.63, 3.8) is 0 Å². The summed E-state index contributed by atoms with van der Waals surface area (Å²) in [5.41, 5.74) is 0.354. The summed E-state index contributed by atoms with van der Waals surface area (Å²) in [7, 11) is -3.60. The quantitative estimate of drug-likeness (QED) is 0.775. The topological polar surface area (TPSA) is 66.4 Å². The van der Waals surface area contributed by atoms with E-state index in [0.717, 1.165) is 18.4 Å². The lowest BCUT2D eigenvalue weighted by Gasteiger charge is -2.30. The number of rotatable bonds is 8. The first-order chi connectivity index (χ1) is 9.43. The zero-order valence-electron chi connectivity index (χ0n) is 12.5. The number of aryl methyl sites for hydroxylation is 1. The molecule has 1 aromatic rings. The van der Waals surface area contributed by atoms with E-state index in [2.05, 4.69) is 11.6 Å². The summed E-state index contributed by atoms with van der Waals surface area (Å²) in [6.07, 6.45) is 3.07. The van der Waals surface area contributed by atoms with Gasteiger partial charge < -0.3 is 5.11 Å². The smallest absolute Gasteiger partial charge is 0.241 e. The molecule has 1 rings (SSSR count). The van der Waals surface area contributed by atoms with Crippen molar-refractivity contribution in [2.45, 2.75) is 56.9 Å². The van der Waals surface area contributed by atoms with Crippen molar-refractivity contribution in [2.24, 2.45) is 0 Å². The molecule has 0 aliphatic rings. The summed E-state index contributed by atoms with van der Waals surface area (Å²) >= 11 is 0. The van der Waals surface area contributed by atoms with Crippen LogP contribution in [0.25, 0.3) is 0 Å². The number of benzene rings is 1. The van der Waals surface area contributed by atoms with Crippen LogP contribution in [0.2, 0.25) is 0 Å². The number of aliphatic hydroxyl groups excluding tert-OH is 1. The van der Waals surface area contributed by atoms with Gasteiger partial charge in [0.25, 0.3) is 0 Å². The molecule has 0 amide bonds. The predicted molar refractivity (Wildman–Crippen MR) is 81.2 cm³/mol. The summed E-state index contributed by atoms with van der Waals surface area (Å²) in [6, 6.07) is 6.94. The highest BCUT2D eigenvalue weighted by Gasteiger charge is 2.31. The van der Waals surface area contributed by atoms with E-state index >= 15 is 0 Å². The predicted octanol–water partition coefficient (Wildman–Crippen LogP) is 2.47. The highest BCUT2D eigenvalue weighted by molar-refractivity contribution is 7.89. The molecule has 0 aliphatic heterocycles. The lowest BCUT2D eigenvalue weighted by molar-refractivity contribution is 0.172. The van der Waals surface area contributed by atoms with Crippen LogP contribution in [0.15, 0.2) is 29.2 Å². The minimum Gasteiger partial charge on any atom is -0.394 e. The third kappa shape index (κ3) is 4.04. The summed E-state index contributed by atoms with van der Waals surface area (Å²) in [5, 5.41) is 9.47. The summed E-state index contributed by atoms with van der Waals surface area (Å²) < 4.78 is 27.4. The van der Waals surface area contributed by atoms with Crippen molar-refractivity contribution in [3.8, 4) is 0 Å². The van der Waals surface area contributed by atoms with Crippen molar-refractivity contribution in [2.75, 3.05) is 6.61 Å². The third-order valence-corrected chi connectivity index (χ3v) is 5.37. The van der Waals surface area contributed by atoms with Crippen LogP contribution in [0.1, 0.15) is 45.6 Å². The second-order valence-corrected chi connectivity index (χ2v) is 6.83. The maximum atomic E-state index is 12.4. The molecule has 0 unspecified atom stereocenters. The highest BCUT2D eigenvalue weighted by atomic mass is 32.2. The second kappa shape index (κ2) is 7.20. The van der Waals surface area contributed by atoms with E-state index in [0.29, 0.717) is 12.8 Å². The Kier molecular flexibility index (Phi) is 6.17. The molecule has 4 nitrogen and oxygen atoms in total. The van der Waals surface area contributed by atoms with Crippen molar-refractivity contribution in [1.82, 2.24) is 4.72 Å². The van der Waals surface area contributed by atoms with Crippen LogP contribution in [-0.2, 0) is 16.4 Å².